The van der Waals surface area contributed by atoms with Crippen LogP contribution in [0.5, 0.6) is 0 Å². The second-order valence-electron chi connectivity index (χ2n) is 6.54. The molecule has 0 amide bonds. The van der Waals surface area contributed by atoms with Crippen molar-refractivity contribution in [3.05, 3.63) is 108 Å². The van der Waals surface area contributed by atoms with Gasteiger partial charge in [0.2, 0.25) is 0 Å². The van der Waals surface area contributed by atoms with Crippen LogP contribution >= 0.6 is 0 Å². The smallest absolute Gasteiger partial charge is 0.123 e. The summed E-state index contributed by atoms with van der Waals surface area (Å²) in [5.74, 6) is -0.212. The summed E-state index contributed by atoms with van der Waals surface area (Å²) in [7, 11) is 0. The summed E-state index contributed by atoms with van der Waals surface area (Å²) in [5.41, 5.74) is 8.12. The Labute approximate surface area is 153 Å². The number of rotatable bonds is 3. The molecule has 0 N–H and O–H groups in total. The molecule has 0 aliphatic carbocycles. The molecular formula is C25H19F. The van der Waals surface area contributed by atoms with Gasteiger partial charge in [0, 0.05) is 0 Å². The lowest BCUT2D eigenvalue weighted by Crippen LogP contribution is -1.84. The minimum absolute atomic E-state index is 0.212. The van der Waals surface area contributed by atoms with Crippen molar-refractivity contribution in [2.24, 2.45) is 0 Å². The average molecular weight is 338 g/mol. The molecule has 0 nitrogen and oxygen atoms in total. The summed E-state index contributed by atoms with van der Waals surface area (Å²) in [5, 5.41) is 0. The first-order valence-electron chi connectivity index (χ1n) is 8.72. The molecule has 4 aromatic carbocycles. The summed E-state index contributed by atoms with van der Waals surface area (Å²) in [6.45, 7) is 2.11. The first-order chi connectivity index (χ1) is 12.7. The van der Waals surface area contributed by atoms with Gasteiger partial charge in [-0.25, -0.2) is 4.39 Å². The molecule has 0 aromatic heterocycles. The van der Waals surface area contributed by atoms with E-state index in [1.54, 1.807) is 0 Å². The molecule has 0 bridgehead atoms. The Morgan fingerprint density at radius 2 is 0.885 bits per heavy atom. The minimum Gasteiger partial charge on any atom is -0.207 e. The van der Waals surface area contributed by atoms with Crippen LogP contribution in [0, 0.1) is 12.7 Å². The third kappa shape index (κ3) is 3.43. The van der Waals surface area contributed by atoms with Gasteiger partial charge in [0.15, 0.2) is 0 Å². The quantitative estimate of drug-likeness (QED) is 0.372. The van der Waals surface area contributed by atoms with Gasteiger partial charge in [-0.15, -0.1) is 0 Å². The van der Waals surface area contributed by atoms with Gasteiger partial charge in [0.05, 0.1) is 0 Å². The molecule has 0 spiro atoms. The van der Waals surface area contributed by atoms with Crippen molar-refractivity contribution in [3.63, 3.8) is 0 Å². The summed E-state index contributed by atoms with van der Waals surface area (Å²) in [4.78, 5) is 0. The summed E-state index contributed by atoms with van der Waals surface area (Å²) in [6.07, 6.45) is 0. The maximum Gasteiger partial charge on any atom is 0.123 e. The summed E-state index contributed by atoms with van der Waals surface area (Å²) >= 11 is 0. The minimum atomic E-state index is -0.212. The number of aryl methyl sites for hydroxylation is 1. The van der Waals surface area contributed by atoms with Gasteiger partial charge in [-0.2, -0.15) is 0 Å². The molecule has 0 aliphatic rings. The second kappa shape index (κ2) is 6.97. The van der Waals surface area contributed by atoms with Crippen LogP contribution in [0.2, 0.25) is 0 Å². The van der Waals surface area contributed by atoms with Crippen molar-refractivity contribution in [2.45, 2.75) is 6.92 Å². The Kier molecular flexibility index (Phi) is 4.37. The number of benzene rings is 4. The Morgan fingerprint density at radius 1 is 0.462 bits per heavy atom. The van der Waals surface area contributed by atoms with Crippen LogP contribution in [0.15, 0.2) is 97.1 Å². The van der Waals surface area contributed by atoms with E-state index in [2.05, 4.69) is 73.7 Å². The van der Waals surface area contributed by atoms with Crippen molar-refractivity contribution in [2.75, 3.05) is 0 Å². The molecular weight excluding hydrogens is 319 g/mol. The first kappa shape index (κ1) is 16.3. The normalized spacial score (nSPS) is 10.7. The predicted octanol–water partition coefficient (Wildman–Crippen LogP) is 7.14. The topological polar surface area (TPSA) is 0 Å². The number of hydrogen-bond donors (Lipinski definition) is 0. The fraction of sp³-hybridized carbons (Fsp3) is 0.0400. The lowest BCUT2D eigenvalue weighted by atomic mass is 9.96. The van der Waals surface area contributed by atoms with Crippen LogP contribution in [0.3, 0.4) is 0 Å². The molecule has 0 fully saturated rings. The zero-order valence-electron chi connectivity index (χ0n) is 14.6. The SMILES string of the molecule is Cc1cccc(-c2cccc(-c3cccc(-c4ccc(F)cc4)c3)c2)c1. The maximum atomic E-state index is 13.2. The van der Waals surface area contributed by atoms with E-state index in [-0.39, 0.29) is 5.82 Å². The zero-order valence-corrected chi connectivity index (χ0v) is 14.6. The number of hydrogen-bond acceptors (Lipinski definition) is 0. The van der Waals surface area contributed by atoms with E-state index in [1.165, 1.54) is 34.4 Å². The van der Waals surface area contributed by atoms with Crippen LogP contribution in [-0.2, 0) is 0 Å². The van der Waals surface area contributed by atoms with Crippen molar-refractivity contribution in [3.8, 4) is 33.4 Å². The molecule has 0 unspecified atom stereocenters. The standard InChI is InChI=1S/C25H19F/c1-18-5-2-6-20(15-18)22-8-4-10-24(17-22)23-9-3-7-21(16-23)19-11-13-25(26)14-12-19/h2-17H,1H3. The molecule has 0 heterocycles. The molecule has 0 aliphatic heterocycles. The highest BCUT2D eigenvalue weighted by Gasteiger charge is 2.04. The highest BCUT2D eigenvalue weighted by Crippen LogP contribution is 2.30. The van der Waals surface area contributed by atoms with Crippen LogP contribution in [-0.4, -0.2) is 0 Å². The molecule has 0 saturated carbocycles. The predicted molar refractivity (Wildman–Crippen MR) is 107 cm³/mol. The van der Waals surface area contributed by atoms with E-state index >= 15 is 0 Å². The monoisotopic (exact) mass is 338 g/mol. The van der Waals surface area contributed by atoms with Crippen LogP contribution in [0.1, 0.15) is 5.56 Å². The Hall–Kier alpha value is -3.19. The molecule has 0 saturated heterocycles. The molecule has 0 atom stereocenters. The highest BCUT2D eigenvalue weighted by molar-refractivity contribution is 5.77. The summed E-state index contributed by atoms with van der Waals surface area (Å²) in [6, 6.07) is 32.1. The van der Waals surface area contributed by atoms with Gasteiger partial charge in [-0.3, -0.25) is 0 Å². The molecule has 0 radical (unpaired) electrons. The molecule has 4 aromatic rings. The van der Waals surface area contributed by atoms with E-state index in [0.29, 0.717) is 0 Å². The third-order valence-corrected chi connectivity index (χ3v) is 4.59. The van der Waals surface area contributed by atoms with E-state index in [9.17, 15) is 4.39 Å². The fourth-order valence-electron chi connectivity index (χ4n) is 3.22. The van der Waals surface area contributed by atoms with E-state index in [1.807, 2.05) is 18.2 Å². The zero-order chi connectivity index (χ0) is 17.9. The van der Waals surface area contributed by atoms with Gasteiger partial charge < -0.3 is 0 Å². The van der Waals surface area contributed by atoms with E-state index in [4.69, 9.17) is 0 Å². The van der Waals surface area contributed by atoms with Crippen LogP contribution in [0.4, 0.5) is 4.39 Å². The molecule has 4 rings (SSSR count). The Balaban J connectivity index is 1.73. The highest BCUT2D eigenvalue weighted by atomic mass is 19.1. The van der Waals surface area contributed by atoms with Crippen molar-refractivity contribution < 1.29 is 4.39 Å². The fourth-order valence-corrected chi connectivity index (χ4v) is 3.22. The molecule has 26 heavy (non-hydrogen) atoms. The first-order valence-corrected chi connectivity index (χ1v) is 8.72. The largest absolute Gasteiger partial charge is 0.207 e. The lowest BCUT2D eigenvalue weighted by Gasteiger charge is -2.09. The van der Waals surface area contributed by atoms with Crippen LogP contribution in [0.25, 0.3) is 33.4 Å². The number of halogens is 1. The lowest BCUT2D eigenvalue weighted by molar-refractivity contribution is 0.628. The van der Waals surface area contributed by atoms with Crippen molar-refractivity contribution >= 4 is 0 Å². The van der Waals surface area contributed by atoms with Gasteiger partial charge in [-0.1, -0.05) is 78.4 Å². The third-order valence-electron chi connectivity index (χ3n) is 4.59. The molecule has 1 heteroatoms. The summed E-state index contributed by atoms with van der Waals surface area (Å²) < 4.78 is 13.2. The Morgan fingerprint density at radius 3 is 1.38 bits per heavy atom. The molecule has 126 valence electrons. The maximum absolute atomic E-state index is 13.2. The van der Waals surface area contributed by atoms with Crippen molar-refractivity contribution in [1.29, 1.82) is 0 Å². The van der Waals surface area contributed by atoms with Crippen molar-refractivity contribution in [1.82, 2.24) is 0 Å². The van der Waals surface area contributed by atoms with Gasteiger partial charge in [-0.05, 0) is 64.6 Å². The van der Waals surface area contributed by atoms with Crippen LogP contribution < -0.4 is 0 Å². The van der Waals surface area contributed by atoms with E-state index in [0.717, 1.165) is 16.7 Å². The average Bonchev–Trinajstić information content (AvgIpc) is 2.69. The van der Waals surface area contributed by atoms with Gasteiger partial charge in [0.25, 0.3) is 0 Å². The van der Waals surface area contributed by atoms with E-state index < -0.39 is 0 Å². The Bertz CT molecular complexity index is 1050. The van der Waals surface area contributed by atoms with Gasteiger partial charge >= 0.3 is 0 Å². The second-order valence-corrected chi connectivity index (χ2v) is 6.54. The van der Waals surface area contributed by atoms with Gasteiger partial charge in [0.1, 0.15) is 5.82 Å².